The van der Waals surface area contributed by atoms with Crippen LogP contribution in [0.15, 0.2) is 48.8 Å². The number of rotatable bonds is 6. The Morgan fingerprint density at radius 1 is 1.08 bits per heavy atom. The maximum atomic E-state index is 12.1. The Labute approximate surface area is 150 Å². The molecule has 0 aliphatic carbocycles. The number of amides is 1. The fourth-order valence-electron chi connectivity index (χ4n) is 2.80. The number of para-hydroxylation sites is 1. The van der Waals surface area contributed by atoms with E-state index in [1.54, 1.807) is 18.2 Å². The summed E-state index contributed by atoms with van der Waals surface area (Å²) in [6, 6.07) is 13.2. The van der Waals surface area contributed by atoms with Crippen LogP contribution < -0.4 is 20.1 Å². The first-order valence-corrected chi connectivity index (χ1v) is 8.43. The van der Waals surface area contributed by atoms with Gasteiger partial charge in [0.05, 0.1) is 5.52 Å². The van der Waals surface area contributed by atoms with Gasteiger partial charge < -0.3 is 20.1 Å². The Kier molecular flexibility index (Phi) is 4.51. The second kappa shape index (κ2) is 7.26. The third-order valence-electron chi connectivity index (χ3n) is 4.07. The van der Waals surface area contributed by atoms with Crippen LogP contribution in [0.1, 0.15) is 12.8 Å². The van der Waals surface area contributed by atoms with Gasteiger partial charge in [0.25, 0.3) is 0 Å². The number of nitrogens with one attached hydrogen (secondary N) is 2. The van der Waals surface area contributed by atoms with Gasteiger partial charge >= 0.3 is 0 Å². The molecule has 0 fully saturated rings. The number of carbonyl (C=O) groups excluding carboxylic acids is 1. The third-order valence-corrected chi connectivity index (χ3v) is 4.07. The maximum absolute atomic E-state index is 12.1. The molecule has 7 nitrogen and oxygen atoms in total. The number of hydrogen-bond donors (Lipinski definition) is 2. The molecule has 2 heterocycles. The standard InChI is InChI=1S/C19H18N4O3/c24-18(23-13-7-8-16-17(10-13)26-12-25-16)6-3-9-20-19-14-4-1-2-5-15(14)21-11-22-19/h1-2,4-5,7-8,10-11H,3,6,9,12H2,(H,23,24)(H,20,21,22). The van der Waals surface area contributed by atoms with Gasteiger partial charge in [-0.25, -0.2) is 9.97 Å². The van der Waals surface area contributed by atoms with Crippen molar-refractivity contribution in [2.75, 3.05) is 24.0 Å². The van der Waals surface area contributed by atoms with Gasteiger partial charge in [0.1, 0.15) is 12.1 Å². The molecule has 0 saturated carbocycles. The second-order valence-corrected chi connectivity index (χ2v) is 5.89. The van der Waals surface area contributed by atoms with Gasteiger partial charge in [-0.2, -0.15) is 0 Å². The number of hydrogen-bond acceptors (Lipinski definition) is 6. The fraction of sp³-hybridized carbons (Fsp3) is 0.211. The minimum Gasteiger partial charge on any atom is -0.454 e. The molecule has 1 aliphatic rings. The van der Waals surface area contributed by atoms with Crippen molar-refractivity contribution in [2.24, 2.45) is 0 Å². The summed E-state index contributed by atoms with van der Waals surface area (Å²) in [7, 11) is 0. The van der Waals surface area contributed by atoms with Crippen LogP contribution in [0.4, 0.5) is 11.5 Å². The molecule has 26 heavy (non-hydrogen) atoms. The van der Waals surface area contributed by atoms with Crippen molar-refractivity contribution in [3.63, 3.8) is 0 Å². The number of carbonyl (C=O) groups is 1. The first kappa shape index (κ1) is 16.1. The highest BCUT2D eigenvalue weighted by molar-refractivity contribution is 5.91. The molecular formula is C19H18N4O3. The number of nitrogens with zero attached hydrogens (tertiary/aromatic N) is 2. The van der Waals surface area contributed by atoms with Gasteiger partial charge in [-0.15, -0.1) is 0 Å². The Hall–Kier alpha value is -3.35. The largest absolute Gasteiger partial charge is 0.454 e. The molecule has 7 heteroatoms. The number of ether oxygens (including phenoxy) is 2. The van der Waals surface area contributed by atoms with E-state index in [2.05, 4.69) is 20.6 Å². The average Bonchev–Trinajstić information content (AvgIpc) is 3.13. The predicted molar refractivity (Wildman–Crippen MR) is 98.5 cm³/mol. The van der Waals surface area contributed by atoms with E-state index in [0.717, 1.165) is 16.7 Å². The minimum absolute atomic E-state index is 0.0433. The van der Waals surface area contributed by atoms with Crippen molar-refractivity contribution in [3.8, 4) is 11.5 Å². The minimum atomic E-state index is -0.0433. The van der Waals surface area contributed by atoms with Gasteiger partial charge in [-0.3, -0.25) is 4.79 Å². The molecule has 2 aromatic carbocycles. The molecule has 2 N–H and O–H groups in total. The van der Waals surface area contributed by atoms with E-state index in [1.165, 1.54) is 6.33 Å². The molecule has 1 aliphatic heterocycles. The van der Waals surface area contributed by atoms with Crippen LogP contribution in [0, 0.1) is 0 Å². The molecule has 0 saturated heterocycles. The Balaban J connectivity index is 1.27. The summed E-state index contributed by atoms with van der Waals surface area (Å²) in [6.45, 7) is 0.867. The van der Waals surface area contributed by atoms with Crippen LogP contribution in [0.3, 0.4) is 0 Å². The van der Waals surface area contributed by atoms with Crippen LogP contribution in [-0.4, -0.2) is 29.2 Å². The molecule has 1 amide bonds. The molecule has 0 atom stereocenters. The van der Waals surface area contributed by atoms with Crippen LogP contribution in [0.5, 0.6) is 11.5 Å². The zero-order valence-corrected chi connectivity index (χ0v) is 14.1. The fourth-order valence-corrected chi connectivity index (χ4v) is 2.80. The zero-order chi connectivity index (χ0) is 17.8. The van der Waals surface area contributed by atoms with Crippen molar-refractivity contribution >= 4 is 28.3 Å². The van der Waals surface area contributed by atoms with E-state index in [9.17, 15) is 4.79 Å². The number of benzene rings is 2. The predicted octanol–water partition coefficient (Wildman–Crippen LogP) is 3.19. The highest BCUT2D eigenvalue weighted by atomic mass is 16.7. The van der Waals surface area contributed by atoms with Gasteiger partial charge in [0.15, 0.2) is 11.5 Å². The van der Waals surface area contributed by atoms with Crippen LogP contribution >= 0.6 is 0 Å². The molecule has 3 aromatic rings. The van der Waals surface area contributed by atoms with Crippen molar-refractivity contribution in [3.05, 3.63) is 48.8 Å². The lowest BCUT2D eigenvalue weighted by molar-refractivity contribution is -0.116. The van der Waals surface area contributed by atoms with Crippen LogP contribution in [0.2, 0.25) is 0 Å². The summed E-state index contributed by atoms with van der Waals surface area (Å²) in [5, 5.41) is 7.12. The quantitative estimate of drug-likeness (QED) is 0.664. The van der Waals surface area contributed by atoms with Crippen molar-refractivity contribution in [2.45, 2.75) is 12.8 Å². The molecule has 0 radical (unpaired) electrons. The molecule has 0 spiro atoms. The molecule has 132 valence electrons. The molecular weight excluding hydrogens is 332 g/mol. The topological polar surface area (TPSA) is 85.4 Å². The van der Waals surface area contributed by atoms with Crippen LogP contribution in [-0.2, 0) is 4.79 Å². The van der Waals surface area contributed by atoms with Gasteiger partial charge in [-0.05, 0) is 30.7 Å². The van der Waals surface area contributed by atoms with Crippen LogP contribution in [0.25, 0.3) is 10.9 Å². The summed E-state index contributed by atoms with van der Waals surface area (Å²) < 4.78 is 10.6. The van der Waals surface area contributed by atoms with Crippen molar-refractivity contribution in [1.82, 2.24) is 9.97 Å². The van der Waals surface area contributed by atoms with E-state index in [0.29, 0.717) is 36.6 Å². The summed E-state index contributed by atoms with van der Waals surface area (Å²) in [5.41, 5.74) is 1.60. The van der Waals surface area contributed by atoms with Crippen molar-refractivity contribution < 1.29 is 14.3 Å². The molecule has 0 bridgehead atoms. The van der Waals surface area contributed by atoms with Gasteiger partial charge in [-0.1, -0.05) is 12.1 Å². The van der Waals surface area contributed by atoms with E-state index in [-0.39, 0.29) is 12.7 Å². The summed E-state index contributed by atoms with van der Waals surface area (Å²) >= 11 is 0. The summed E-state index contributed by atoms with van der Waals surface area (Å²) in [4.78, 5) is 20.6. The average molecular weight is 350 g/mol. The Morgan fingerprint density at radius 3 is 2.92 bits per heavy atom. The Bertz CT molecular complexity index is 940. The van der Waals surface area contributed by atoms with E-state index >= 15 is 0 Å². The number of anilines is 2. The number of aromatic nitrogens is 2. The van der Waals surface area contributed by atoms with Gasteiger partial charge in [0, 0.05) is 30.1 Å². The highest BCUT2D eigenvalue weighted by Crippen LogP contribution is 2.34. The summed E-state index contributed by atoms with van der Waals surface area (Å²) in [5.74, 6) is 2.09. The van der Waals surface area contributed by atoms with Gasteiger partial charge in [0.2, 0.25) is 12.7 Å². The number of fused-ring (bicyclic) bond motifs is 2. The second-order valence-electron chi connectivity index (χ2n) is 5.89. The lowest BCUT2D eigenvalue weighted by atomic mass is 10.2. The first-order valence-electron chi connectivity index (χ1n) is 8.43. The molecule has 0 unspecified atom stereocenters. The van der Waals surface area contributed by atoms with E-state index < -0.39 is 0 Å². The molecule has 4 rings (SSSR count). The summed E-state index contributed by atoms with van der Waals surface area (Å²) in [6.07, 6.45) is 2.64. The first-order chi connectivity index (χ1) is 12.8. The maximum Gasteiger partial charge on any atom is 0.231 e. The van der Waals surface area contributed by atoms with E-state index in [1.807, 2.05) is 24.3 Å². The SMILES string of the molecule is O=C(CCCNc1ncnc2ccccc12)Nc1ccc2c(c1)OCO2. The third kappa shape index (κ3) is 3.51. The van der Waals surface area contributed by atoms with Crippen molar-refractivity contribution in [1.29, 1.82) is 0 Å². The Morgan fingerprint density at radius 2 is 1.96 bits per heavy atom. The lowest BCUT2D eigenvalue weighted by Gasteiger charge is -2.09. The lowest BCUT2D eigenvalue weighted by Crippen LogP contribution is -2.13. The smallest absolute Gasteiger partial charge is 0.231 e. The normalized spacial score (nSPS) is 12.2. The highest BCUT2D eigenvalue weighted by Gasteiger charge is 2.14. The monoisotopic (exact) mass is 350 g/mol. The molecule has 1 aromatic heterocycles. The zero-order valence-electron chi connectivity index (χ0n) is 14.1. The van der Waals surface area contributed by atoms with E-state index in [4.69, 9.17) is 9.47 Å².